The Hall–Kier alpha value is -2.75. The van der Waals surface area contributed by atoms with Crippen LogP contribution in [0.2, 0.25) is 0 Å². The largest absolute Gasteiger partial charge is 0.484 e. The van der Waals surface area contributed by atoms with Crippen LogP contribution in [-0.2, 0) is 27.8 Å². The summed E-state index contributed by atoms with van der Waals surface area (Å²) in [7, 11) is -3.57. The molecule has 30 heavy (non-hydrogen) atoms. The molecule has 2 heterocycles. The summed E-state index contributed by atoms with van der Waals surface area (Å²) in [5.41, 5.74) is 1.84. The zero-order chi connectivity index (χ0) is 21.1. The minimum Gasteiger partial charge on any atom is -0.484 e. The van der Waals surface area contributed by atoms with Crippen LogP contribution in [0, 0.1) is 6.92 Å². The summed E-state index contributed by atoms with van der Waals surface area (Å²) in [6, 6.07) is 15.9. The SMILES string of the molecule is Cc1ccc(S(=O)(=O)N2CCc3nc(NC(=O)COc4ccccc4)sc3C2)cc1. The molecule has 1 aromatic heterocycles. The van der Waals surface area contributed by atoms with Crippen molar-refractivity contribution in [3.63, 3.8) is 0 Å². The number of fused-ring (bicyclic) bond motifs is 1. The van der Waals surface area contributed by atoms with Crippen molar-refractivity contribution in [1.82, 2.24) is 9.29 Å². The summed E-state index contributed by atoms with van der Waals surface area (Å²) in [4.78, 5) is 17.7. The molecule has 0 saturated heterocycles. The first-order valence-corrected chi connectivity index (χ1v) is 11.7. The van der Waals surface area contributed by atoms with E-state index in [9.17, 15) is 13.2 Å². The van der Waals surface area contributed by atoms with Crippen molar-refractivity contribution >= 4 is 32.4 Å². The monoisotopic (exact) mass is 443 g/mol. The summed E-state index contributed by atoms with van der Waals surface area (Å²) in [6.45, 7) is 2.40. The summed E-state index contributed by atoms with van der Waals surface area (Å²) in [6.07, 6.45) is 0.507. The molecule has 1 aliphatic heterocycles. The highest BCUT2D eigenvalue weighted by Crippen LogP contribution is 2.31. The second kappa shape index (κ2) is 8.55. The lowest BCUT2D eigenvalue weighted by atomic mass is 10.2. The number of thiazole rings is 1. The van der Waals surface area contributed by atoms with Crippen LogP contribution in [0.25, 0.3) is 0 Å². The predicted octanol–water partition coefficient (Wildman–Crippen LogP) is 3.22. The van der Waals surface area contributed by atoms with E-state index in [1.54, 1.807) is 36.4 Å². The van der Waals surface area contributed by atoms with Gasteiger partial charge in [0.1, 0.15) is 5.75 Å². The minimum absolute atomic E-state index is 0.123. The fourth-order valence-corrected chi connectivity index (χ4v) is 5.64. The van der Waals surface area contributed by atoms with Crippen LogP contribution in [0.15, 0.2) is 59.5 Å². The van der Waals surface area contributed by atoms with Gasteiger partial charge < -0.3 is 4.74 Å². The van der Waals surface area contributed by atoms with Gasteiger partial charge in [0.25, 0.3) is 5.91 Å². The summed E-state index contributed by atoms with van der Waals surface area (Å²) < 4.78 is 32.8. The molecule has 9 heteroatoms. The van der Waals surface area contributed by atoms with E-state index in [-0.39, 0.29) is 24.0 Å². The van der Waals surface area contributed by atoms with E-state index < -0.39 is 10.0 Å². The molecule has 0 radical (unpaired) electrons. The maximum atomic E-state index is 12.9. The van der Waals surface area contributed by atoms with Crippen LogP contribution in [0.1, 0.15) is 16.1 Å². The Morgan fingerprint density at radius 1 is 1.17 bits per heavy atom. The smallest absolute Gasteiger partial charge is 0.264 e. The highest BCUT2D eigenvalue weighted by Gasteiger charge is 2.30. The highest BCUT2D eigenvalue weighted by atomic mass is 32.2. The van der Waals surface area contributed by atoms with Gasteiger partial charge in [-0.2, -0.15) is 4.31 Å². The normalized spacial score (nSPS) is 14.2. The van der Waals surface area contributed by atoms with Crippen molar-refractivity contribution in [2.75, 3.05) is 18.5 Å². The lowest BCUT2D eigenvalue weighted by Crippen LogP contribution is -2.35. The average molecular weight is 444 g/mol. The first kappa shape index (κ1) is 20.5. The average Bonchev–Trinajstić information content (AvgIpc) is 3.14. The van der Waals surface area contributed by atoms with Crippen LogP contribution < -0.4 is 10.1 Å². The molecule has 1 aliphatic rings. The molecule has 1 N–H and O–H groups in total. The first-order chi connectivity index (χ1) is 14.4. The first-order valence-electron chi connectivity index (χ1n) is 9.45. The topological polar surface area (TPSA) is 88.6 Å². The summed E-state index contributed by atoms with van der Waals surface area (Å²) in [5, 5.41) is 3.19. The van der Waals surface area contributed by atoms with E-state index in [2.05, 4.69) is 10.3 Å². The fourth-order valence-electron chi connectivity index (χ4n) is 3.11. The number of carbonyl (C=O) groups excluding carboxylic acids is 1. The van der Waals surface area contributed by atoms with Crippen LogP contribution in [0.3, 0.4) is 0 Å². The number of sulfonamides is 1. The predicted molar refractivity (Wildman–Crippen MR) is 115 cm³/mol. The number of amides is 1. The van der Waals surface area contributed by atoms with Gasteiger partial charge in [-0.15, -0.1) is 11.3 Å². The number of aryl methyl sites for hydroxylation is 1. The lowest BCUT2D eigenvalue weighted by molar-refractivity contribution is -0.118. The van der Waals surface area contributed by atoms with E-state index in [0.717, 1.165) is 16.1 Å². The second-order valence-corrected chi connectivity index (χ2v) is 9.96. The summed E-state index contributed by atoms with van der Waals surface area (Å²) in [5.74, 6) is 0.303. The van der Waals surface area contributed by atoms with Gasteiger partial charge in [0, 0.05) is 17.8 Å². The number of para-hydroxylation sites is 1. The van der Waals surface area contributed by atoms with Gasteiger partial charge in [0.05, 0.1) is 17.1 Å². The van der Waals surface area contributed by atoms with Crippen molar-refractivity contribution in [2.45, 2.75) is 24.8 Å². The molecule has 2 aromatic carbocycles. The lowest BCUT2D eigenvalue weighted by Gasteiger charge is -2.25. The second-order valence-electron chi connectivity index (χ2n) is 6.94. The maximum absolute atomic E-state index is 12.9. The zero-order valence-corrected chi connectivity index (χ0v) is 18.0. The Morgan fingerprint density at radius 2 is 1.90 bits per heavy atom. The number of hydrogen-bond donors (Lipinski definition) is 1. The fraction of sp³-hybridized carbons (Fsp3) is 0.238. The molecule has 0 spiro atoms. The third kappa shape index (κ3) is 4.53. The van der Waals surface area contributed by atoms with Crippen molar-refractivity contribution in [2.24, 2.45) is 0 Å². The van der Waals surface area contributed by atoms with Crippen LogP contribution >= 0.6 is 11.3 Å². The standard InChI is InChI=1S/C21H21N3O4S2/c1-15-7-9-17(10-8-15)30(26,27)24-12-11-18-19(13-24)29-21(22-18)23-20(25)14-28-16-5-3-2-4-6-16/h2-10H,11-14H2,1H3,(H,22,23,25). The van der Waals surface area contributed by atoms with Gasteiger partial charge in [0.15, 0.2) is 11.7 Å². The molecular weight excluding hydrogens is 422 g/mol. The molecular formula is C21H21N3O4S2. The number of carbonyl (C=O) groups is 1. The number of nitrogens with zero attached hydrogens (tertiary/aromatic N) is 2. The molecule has 0 unspecified atom stereocenters. The Labute approximate surface area is 179 Å². The number of ether oxygens (including phenoxy) is 1. The van der Waals surface area contributed by atoms with Crippen LogP contribution in [-0.4, -0.2) is 36.8 Å². The third-order valence-corrected chi connectivity index (χ3v) is 7.57. The van der Waals surface area contributed by atoms with E-state index in [0.29, 0.717) is 23.8 Å². The molecule has 7 nitrogen and oxygen atoms in total. The Bertz CT molecular complexity index is 1140. The molecule has 3 aromatic rings. The van der Waals surface area contributed by atoms with Gasteiger partial charge in [-0.25, -0.2) is 13.4 Å². The highest BCUT2D eigenvalue weighted by molar-refractivity contribution is 7.89. The molecule has 0 bridgehead atoms. The van der Waals surface area contributed by atoms with Crippen LogP contribution in [0.4, 0.5) is 5.13 Å². The molecule has 0 saturated carbocycles. The number of aromatic nitrogens is 1. The van der Waals surface area contributed by atoms with E-state index in [4.69, 9.17) is 4.74 Å². The van der Waals surface area contributed by atoms with Gasteiger partial charge >= 0.3 is 0 Å². The Balaban J connectivity index is 1.40. The van der Waals surface area contributed by atoms with Gasteiger partial charge in [-0.3, -0.25) is 10.1 Å². The Morgan fingerprint density at radius 3 is 2.63 bits per heavy atom. The van der Waals surface area contributed by atoms with Crippen molar-refractivity contribution in [3.05, 3.63) is 70.7 Å². The maximum Gasteiger partial charge on any atom is 0.264 e. The summed E-state index contributed by atoms with van der Waals surface area (Å²) >= 11 is 1.30. The van der Waals surface area contributed by atoms with Gasteiger partial charge in [-0.05, 0) is 31.2 Å². The van der Waals surface area contributed by atoms with Gasteiger partial charge in [0.2, 0.25) is 10.0 Å². The number of hydrogen-bond acceptors (Lipinski definition) is 6. The number of rotatable bonds is 6. The van der Waals surface area contributed by atoms with E-state index in [1.165, 1.54) is 15.6 Å². The molecule has 156 valence electrons. The number of anilines is 1. The van der Waals surface area contributed by atoms with Gasteiger partial charge in [-0.1, -0.05) is 35.9 Å². The molecule has 4 rings (SSSR count). The van der Waals surface area contributed by atoms with Crippen molar-refractivity contribution < 1.29 is 17.9 Å². The minimum atomic E-state index is -3.57. The molecule has 1 amide bonds. The van der Waals surface area contributed by atoms with E-state index >= 15 is 0 Å². The molecule has 0 fully saturated rings. The number of benzene rings is 2. The number of nitrogens with one attached hydrogen (secondary N) is 1. The Kier molecular flexibility index (Phi) is 5.85. The zero-order valence-electron chi connectivity index (χ0n) is 16.4. The van der Waals surface area contributed by atoms with Crippen molar-refractivity contribution in [1.29, 1.82) is 0 Å². The van der Waals surface area contributed by atoms with Crippen LogP contribution in [0.5, 0.6) is 5.75 Å². The van der Waals surface area contributed by atoms with Crippen molar-refractivity contribution in [3.8, 4) is 5.75 Å². The van der Waals surface area contributed by atoms with E-state index in [1.807, 2.05) is 25.1 Å². The third-order valence-electron chi connectivity index (χ3n) is 4.71. The quantitative estimate of drug-likeness (QED) is 0.632. The molecule has 0 aliphatic carbocycles. The molecule has 0 atom stereocenters.